The van der Waals surface area contributed by atoms with Crippen molar-refractivity contribution in [3.63, 3.8) is 0 Å². The lowest BCUT2D eigenvalue weighted by Crippen LogP contribution is -2.10. The summed E-state index contributed by atoms with van der Waals surface area (Å²) < 4.78 is 41.6. The monoisotopic (exact) mass is 300 g/mol. The molecule has 1 amide bonds. The molecule has 0 fully saturated rings. The normalized spacial score (nSPS) is 11.1. The predicted octanol–water partition coefficient (Wildman–Crippen LogP) is 1.83. The number of carbonyl (C=O) groups is 1. The molecular weight excluding hydrogens is 291 g/mol. The van der Waals surface area contributed by atoms with Crippen LogP contribution in [-0.4, -0.2) is 19.5 Å². The average Bonchev–Trinajstić information content (AvgIpc) is 2.77. The van der Waals surface area contributed by atoms with Crippen molar-refractivity contribution in [3.8, 4) is 5.75 Å². The molecule has 0 aliphatic rings. The molecule has 0 spiro atoms. The Kier molecular flexibility index (Phi) is 3.70. The fourth-order valence-electron chi connectivity index (χ4n) is 1.37. The number of nitrogens with one attached hydrogen (secondary N) is 1. The lowest BCUT2D eigenvalue weighted by Gasteiger charge is -2.04. The van der Waals surface area contributed by atoms with Gasteiger partial charge in [-0.2, -0.15) is 8.42 Å². The van der Waals surface area contributed by atoms with E-state index in [9.17, 15) is 17.1 Å². The second-order valence-corrected chi connectivity index (χ2v) is 4.74. The van der Waals surface area contributed by atoms with Crippen LogP contribution in [0.1, 0.15) is 16.2 Å². The van der Waals surface area contributed by atoms with Gasteiger partial charge in [-0.25, -0.2) is 0 Å². The zero-order valence-electron chi connectivity index (χ0n) is 10.2. The number of hydrogen-bond acceptors (Lipinski definition) is 6. The first-order valence-corrected chi connectivity index (χ1v) is 6.63. The number of aromatic nitrogens is 1. The topological polar surface area (TPSA) is 98.5 Å². The van der Waals surface area contributed by atoms with Gasteiger partial charge in [0.1, 0.15) is 5.75 Å². The Labute approximate surface area is 113 Å². The van der Waals surface area contributed by atoms with E-state index < -0.39 is 16.4 Å². The van der Waals surface area contributed by atoms with E-state index in [4.69, 9.17) is 4.52 Å². The van der Waals surface area contributed by atoms with Crippen LogP contribution in [0.15, 0.2) is 34.9 Å². The third-order valence-electron chi connectivity index (χ3n) is 2.16. The van der Waals surface area contributed by atoms with Gasteiger partial charge in [-0.3, -0.25) is 4.79 Å². The largest absolute Gasteiger partial charge is 0.488 e. The average molecular weight is 300 g/mol. The van der Waals surface area contributed by atoms with E-state index in [1.807, 2.05) is 0 Å². The molecule has 1 aromatic heterocycles. The van der Waals surface area contributed by atoms with Crippen molar-refractivity contribution in [1.82, 2.24) is 5.16 Å². The van der Waals surface area contributed by atoms with Crippen LogP contribution >= 0.6 is 0 Å². The maximum atomic E-state index is 12.3. The first-order chi connectivity index (χ1) is 9.33. The zero-order chi connectivity index (χ0) is 14.8. The number of hydrogen-bond donors (Lipinski definition) is 1. The molecule has 7 nitrogen and oxygen atoms in total. The van der Waals surface area contributed by atoms with Gasteiger partial charge in [0.05, 0.1) is 5.69 Å². The first kappa shape index (κ1) is 14.0. The Hall–Kier alpha value is -2.42. The minimum absolute atomic E-state index is 0.0363. The maximum absolute atomic E-state index is 12.3. The lowest BCUT2D eigenvalue weighted by atomic mass is 10.3. The Morgan fingerprint density at radius 2 is 2.00 bits per heavy atom. The highest BCUT2D eigenvalue weighted by atomic mass is 32.3. The van der Waals surface area contributed by atoms with E-state index in [2.05, 4.69) is 14.7 Å². The minimum atomic E-state index is -5.06. The van der Waals surface area contributed by atoms with E-state index in [-0.39, 0.29) is 11.5 Å². The van der Waals surface area contributed by atoms with Gasteiger partial charge in [-0.1, -0.05) is 9.04 Å². The Balaban J connectivity index is 2.06. The van der Waals surface area contributed by atoms with Gasteiger partial charge >= 0.3 is 10.5 Å². The molecule has 0 atom stereocenters. The van der Waals surface area contributed by atoms with Gasteiger partial charge < -0.3 is 14.0 Å². The van der Waals surface area contributed by atoms with Crippen LogP contribution in [0, 0.1) is 6.92 Å². The summed E-state index contributed by atoms with van der Waals surface area (Å²) in [6.45, 7) is 1.67. The van der Waals surface area contributed by atoms with Crippen LogP contribution in [0.3, 0.4) is 0 Å². The molecule has 2 rings (SSSR count). The van der Waals surface area contributed by atoms with Gasteiger partial charge in [-0.15, -0.1) is 0 Å². The summed E-state index contributed by atoms with van der Waals surface area (Å²) in [5.74, 6) is -0.687. The van der Waals surface area contributed by atoms with Crippen molar-refractivity contribution >= 4 is 22.1 Å². The third-order valence-corrected chi connectivity index (χ3v) is 2.55. The van der Waals surface area contributed by atoms with Crippen LogP contribution in [0.2, 0.25) is 0 Å². The highest BCUT2D eigenvalue weighted by Gasteiger charge is 2.13. The van der Waals surface area contributed by atoms with Crippen molar-refractivity contribution in [2.24, 2.45) is 0 Å². The summed E-state index contributed by atoms with van der Waals surface area (Å²) in [7, 11) is -5.06. The Bertz CT molecular complexity index is 724. The molecule has 1 N–H and O–H groups in total. The van der Waals surface area contributed by atoms with E-state index in [0.29, 0.717) is 11.4 Å². The molecule has 0 bridgehead atoms. The molecule has 1 heterocycles. The third kappa shape index (κ3) is 3.79. The number of rotatable bonds is 4. The predicted molar refractivity (Wildman–Crippen MR) is 66.3 cm³/mol. The smallest absolute Gasteiger partial charge is 0.358 e. The zero-order valence-corrected chi connectivity index (χ0v) is 11.0. The molecular formula is C11H9FN2O5S. The number of benzene rings is 1. The summed E-state index contributed by atoms with van der Waals surface area (Å²) >= 11 is 0. The highest BCUT2D eigenvalue weighted by Crippen LogP contribution is 2.18. The van der Waals surface area contributed by atoms with Crippen molar-refractivity contribution in [3.05, 3.63) is 41.8 Å². The van der Waals surface area contributed by atoms with Gasteiger partial charge in [-0.05, 0) is 31.2 Å². The van der Waals surface area contributed by atoms with Crippen LogP contribution < -0.4 is 9.50 Å². The quantitative estimate of drug-likeness (QED) is 0.865. The molecule has 2 aromatic rings. The number of amides is 1. The SMILES string of the molecule is Cc1cc(C(=O)Nc2ccc(OS(=O)(=O)F)cc2)on1. The van der Waals surface area contributed by atoms with Crippen LogP contribution in [0.4, 0.5) is 9.57 Å². The molecule has 20 heavy (non-hydrogen) atoms. The number of anilines is 1. The number of nitrogens with zero attached hydrogens (tertiary/aromatic N) is 1. The molecule has 0 saturated carbocycles. The number of halogens is 1. The van der Waals surface area contributed by atoms with Crippen molar-refractivity contribution in [1.29, 1.82) is 0 Å². The van der Waals surface area contributed by atoms with E-state index in [1.54, 1.807) is 6.92 Å². The summed E-state index contributed by atoms with van der Waals surface area (Å²) in [4.78, 5) is 11.7. The van der Waals surface area contributed by atoms with Gasteiger partial charge in [0.15, 0.2) is 0 Å². The fraction of sp³-hybridized carbons (Fsp3) is 0.0909. The fourth-order valence-corrected chi connectivity index (χ4v) is 1.71. The van der Waals surface area contributed by atoms with Crippen molar-refractivity contribution in [2.75, 3.05) is 5.32 Å². The molecule has 0 radical (unpaired) electrons. The summed E-state index contributed by atoms with van der Waals surface area (Å²) in [5, 5.41) is 6.06. The summed E-state index contributed by atoms with van der Waals surface area (Å²) in [5.41, 5.74) is 0.916. The first-order valence-electron chi connectivity index (χ1n) is 5.32. The highest BCUT2D eigenvalue weighted by molar-refractivity contribution is 7.81. The van der Waals surface area contributed by atoms with E-state index in [0.717, 1.165) is 0 Å². The molecule has 1 aromatic carbocycles. The van der Waals surface area contributed by atoms with Gasteiger partial charge in [0.2, 0.25) is 5.76 Å². The lowest BCUT2D eigenvalue weighted by molar-refractivity contribution is 0.0988. The van der Waals surface area contributed by atoms with Crippen LogP contribution in [0.25, 0.3) is 0 Å². The van der Waals surface area contributed by atoms with Crippen LogP contribution in [0.5, 0.6) is 5.75 Å². The Morgan fingerprint density at radius 3 is 2.50 bits per heavy atom. The van der Waals surface area contributed by atoms with E-state index in [1.165, 1.54) is 30.3 Å². The van der Waals surface area contributed by atoms with E-state index >= 15 is 0 Å². The van der Waals surface area contributed by atoms with Gasteiger partial charge in [0.25, 0.3) is 5.91 Å². The molecule has 0 aliphatic heterocycles. The standard InChI is InChI=1S/C11H9FN2O5S/c1-7-6-10(18-14-7)11(15)13-8-2-4-9(5-3-8)19-20(12,16)17/h2-6H,1H3,(H,13,15). The molecule has 9 heteroatoms. The van der Waals surface area contributed by atoms with Gasteiger partial charge in [0, 0.05) is 11.8 Å². The number of aryl methyl sites for hydroxylation is 1. The maximum Gasteiger partial charge on any atom is 0.488 e. The molecule has 0 aliphatic carbocycles. The second kappa shape index (κ2) is 5.29. The molecule has 106 valence electrons. The summed E-state index contributed by atoms with van der Waals surface area (Å²) in [6, 6.07) is 6.54. The summed E-state index contributed by atoms with van der Waals surface area (Å²) in [6.07, 6.45) is 0. The molecule has 0 unspecified atom stereocenters. The van der Waals surface area contributed by atoms with Crippen molar-refractivity contribution in [2.45, 2.75) is 6.92 Å². The van der Waals surface area contributed by atoms with Crippen molar-refractivity contribution < 1.29 is 25.8 Å². The number of carbonyl (C=O) groups excluding carboxylic acids is 1. The van der Waals surface area contributed by atoms with Crippen LogP contribution in [-0.2, 0) is 10.5 Å². The molecule has 0 saturated heterocycles. The Morgan fingerprint density at radius 1 is 1.35 bits per heavy atom. The minimum Gasteiger partial charge on any atom is -0.358 e. The second-order valence-electron chi connectivity index (χ2n) is 3.79.